The quantitative estimate of drug-likeness (QED) is 0.789. The molecule has 1 amide bonds. The highest BCUT2D eigenvalue weighted by Gasteiger charge is 2.27. The van der Waals surface area contributed by atoms with Gasteiger partial charge in [0.2, 0.25) is 5.91 Å². The van der Waals surface area contributed by atoms with Gasteiger partial charge in [-0.1, -0.05) is 0 Å². The normalized spacial score (nSPS) is 18.0. The maximum Gasteiger partial charge on any atom is 0.226 e. The van der Waals surface area contributed by atoms with Crippen molar-refractivity contribution in [1.29, 1.82) is 0 Å². The summed E-state index contributed by atoms with van der Waals surface area (Å²) in [6.07, 6.45) is 5.39. The van der Waals surface area contributed by atoms with Crippen molar-refractivity contribution in [3.8, 4) is 0 Å². The van der Waals surface area contributed by atoms with Crippen LogP contribution in [-0.4, -0.2) is 52.4 Å². The minimum absolute atomic E-state index is 0.0510. The molecule has 24 heavy (non-hydrogen) atoms. The third kappa shape index (κ3) is 4.18. The first kappa shape index (κ1) is 16.6. The molecule has 7 nitrogen and oxygen atoms in total. The molecule has 3 rings (SSSR count). The number of nitrogens with zero attached hydrogens (tertiary/aromatic N) is 4. The van der Waals surface area contributed by atoms with Gasteiger partial charge in [0.25, 0.3) is 0 Å². The highest BCUT2D eigenvalue weighted by Crippen LogP contribution is 2.18. The van der Waals surface area contributed by atoms with E-state index in [0.717, 1.165) is 18.8 Å². The van der Waals surface area contributed by atoms with Crippen molar-refractivity contribution in [2.45, 2.75) is 19.6 Å². The number of aromatic nitrogens is 3. The minimum atomic E-state index is -0.134. The third-order valence-corrected chi connectivity index (χ3v) is 4.19. The molecule has 0 aliphatic carbocycles. The molecule has 1 atom stereocenters. The largest absolute Gasteiger partial charge is 0.383 e. The van der Waals surface area contributed by atoms with Crippen LogP contribution in [0.25, 0.3) is 0 Å². The fourth-order valence-electron chi connectivity index (χ4n) is 2.98. The van der Waals surface area contributed by atoms with Gasteiger partial charge in [-0.15, -0.1) is 0 Å². The number of methoxy groups -OCH3 is 1. The van der Waals surface area contributed by atoms with Crippen LogP contribution in [-0.2, 0) is 29.2 Å². The number of nitrogens with one attached hydrogen (secondary N) is 1. The van der Waals surface area contributed by atoms with Gasteiger partial charge in [0, 0.05) is 51.9 Å². The summed E-state index contributed by atoms with van der Waals surface area (Å²) in [5.41, 5.74) is 2.33. The fraction of sp³-hybridized carbons (Fsp3) is 0.471. The number of rotatable bonds is 6. The zero-order valence-electron chi connectivity index (χ0n) is 13.9. The van der Waals surface area contributed by atoms with E-state index in [1.807, 2.05) is 22.9 Å². The third-order valence-electron chi connectivity index (χ3n) is 4.19. The summed E-state index contributed by atoms with van der Waals surface area (Å²) in [5.74, 6) is -0.0834. The van der Waals surface area contributed by atoms with Gasteiger partial charge in [-0.05, 0) is 23.8 Å². The molecular formula is C17H23N5O2. The highest BCUT2D eigenvalue weighted by atomic mass is 16.5. The zero-order valence-corrected chi connectivity index (χ0v) is 13.9. The van der Waals surface area contributed by atoms with Crippen LogP contribution in [0.5, 0.6) is 0 Å². The molecule has 0 saturated heterocycles. The molecule has 3 heterocycles. The Morgan fingerprint density at radius 3 is 2.92 bits per heavy atom. The lowest BCUT2D eigenvalue weighted by molar-refractivity contribution is -0.126. The topological polar surface area (TPSA) is 72.3 Å². The van der Waals surface area contributed by atoms with Crippen LogP contribution in [0, 0.1) is 5.92 Å². The Bertz CT molecular complexity index is 658. The molecule has 2 aromatic rings. The van der Waals surface area contributed by atoms with E-state index in [2.05, 4.69) is 20.3 Å². The number of carbonyl (C=O) groups excluding carboxylic acids is 1. The van der Waals surface area contributed by atoms with Crippen molar-refractivity contribution in [1.82, 2.24) is 25.0 Å². The number of pyridine rings is 1. The van der Waals surface area contributed by atoms with E-state index in [-0.39, 0.29) is 11.8 Å². The summed E-state index contributed by atoms with van der Waals surface area (Å²) in [4.78, 5) is 18.9. The molecular weight excluding hydrogens is 306 g/mol. The van der Waals surface area contributed by atoms with Crippen LogP contribution in [0.2, 0.25) is 0 Å². The highest BCUT2D eigenvalue weighted by molar-refractivity contribution is 5.78. The molecule has 1 N–H and O–H groups in total. The van der Waals surface area contributed by atoms with E-state index >= 15 is 0 Å². The molecule has 0 spiro atoms. The van der Waals surface area contributed by atoms with Gasteiger partial charge < -0.3 is 10.1 Å². The lowest BCUT2D eigenvalue weighted by atomic mass is 10.1. The average molecular weight is 329 g/mol. The van der Waals surface area contributed by atoms with Crippen molar-refractivity contribution < 1.29 is 9.53 Å². The molecule has 7 heteroatoms. The van der Waals surface area contributed by atoms with E-state index in [0.29, 0.717) is 26.2 Å². The van der Waals surface area contributed by atoms with Crippen molar-refractivity contribution in [3.63, 3.8) is 0 Å². The second-order valence-corrected chi connectivity index (χ2v) is 6.01. The zero-order chi connectivity index (χ0) is 16.8. The molecule has 0 saturated carbocycles. The van der Waals surface area contributed by atoms with Crippen LogP contribution in [0.3, 0.4) is 0 Å². The Hall–Kier alpha value is -2.25. The van der Waals surface area contributed by atoms with Gasteiger partial charge in [0.15, 0.2) is 0 Å². The average Bonchev–Trinajstić information content (AvgIpc) is 2.94. The first-order valence-electron chi connectivity index (χ1n) is 8.15. The molecule has 2 aromatic heterocycles. The van der Waals surface area contributed by atoms with E-state index in [4.69, 9.17) is 4.74 Å². The molecule has 1 aliphatic heterocycles. The lowest BCUT2D eigenvalue weighted by Gasteiger charge is -2.23. The van der Waals surface area contributed by atoms with Crippen molar-refractivity contribution in [2.24, 2.45) is 5.92 Å². The number of fused-ring (bicyclic) bond motifs is 1. The predicted octanol–water partition coefficient (Wildman–Crippen LogP) is 0.673. The van der Waals surface area contributed by atoms with Crippen LogP contribution in [0.1, 0.15) is 11.3 Å². The lowest BCUT2D eigenvalue weighted by Crippen LogP contribution is -2.40. The van der Waals surface area contributed by atoms with Crippen LogP contribution in [0.4, 0.5) is 0 Å². The Balaban J connectivity index is 1.71. The maximum atomic E-state index is 12.5. The molecule has 128 valence electrons. The second-order valence-electron chi connectivity index (χ2n) is 6.01. The summed E-state index contributed by atoms with van der Waals surface area (Å²) in [5, 5.41) is 7.31. The summed E-state index contributed by atoms with van der Waals surface area (Å²) in [6, 6.07) is 6.04. The number of hydrogen-bond donors (Lipinski definition) is 1. The number of amides is 1. The standard InChI is InChI=1S/C17H23N5O2/c1-24-9-8-19-17(23)15-11-21(10-14-2-5-18-6-3-14)13-16-4-7-20-22(16)12-15/h2-7,15H,8-13H2,1H3,(H,19,23)/t15-/m1/s1. The first-order valence-corrected chi connectivity index (χ1v) is 8.15. The Morgan fingerprint density at radius 1 is 1.29 bits per heavy atom. The smallest absolute Gasteiger partial charge is 0.226 e. The summed E-state index contributed by atoms with van der Waals surface area (Å²) >= 11 is 0. The van der Waals surface area contributed by atoms with E-state index in [9.17, 15) is 4.79 Å². The SMILES string of the molecule is COCCNC(=O)[C@@H]1CN(Cc2ccncc2)Cc2ccnn2C1. The maximum absolute atomic E-state index is 12.5. The Kier molecular flexibility index (Phi) is 5.55. The van der Waals surface area contributed by atoms with Gasteiger partial charge >= 0.3 is 0 Å². The first-order chi connectivity index (χ1) is 11.8. The van der Waals surface area contributed by atoms with Gasteiger partial charge in [0.1, 0.15) is 0 Å². The van der Waals surface area contributed by atoms with Crippen molar-refractivity contribution in [2.75, 3.05) is 26.8 Å². The Labute approximate surface area is 141 Å². The molecule has 1 aliphatic rings. The van der Waals surface area contributed by atoms with Crippen LogP contribution in [0.15, 0.2) is 36.8 Å². The number of carbonyl (C=O) groups is 1. The predicted molar refractivity (Wildman–Crippen MR) is 89.0 cm³/mol. The van der Waals surface area contributed by atoms with E-state index in [1.165, 1.54) is 5.56 Å². The Morgan fingerprint density at radius 2 is 2.12 bits per heavy atom. The number of hydrogen-bond acceptors (Lipinski definition) is 5. The second kappa shape index (κ2) is 8.03. The minimum Gasteiger partial charge on any atom is -0.383 e. The fourth-order valence-corrected chi connectivity index (χ4v) is 2.98. The van der Waals surface area contributed by atoms with Crippen molar-refractivity contribution in [3.05, 3.63) is 48.0 Å². The summed E-state index contributed by atoms with van der Waals surface area (Å²) < 4.78 is 6.94. The summed E-state index contributed by atoms with van der Waals surface area (Å²) in [6.45, 7) is 3.92. The van der Waals surface area contributed by atoms with Gasteiger partial charge in [-0.25, -0.2) is 0 Å². The van der Waals surface area contributed by atoms with Gasteiger partial charge in [-0.3, -0.25) is 19.4 Å². The molecule has 0 radical (unpaired) electrons. The van der Waals surface area contributed by atoms with Gasteiger partial charge in [-0.2, -0.15) is 5.10 Å². The van der Waals surface area contributed by atoms with Crippen LogP contribution < -0.4 is 5.32 Å². The van der Waals surface area contributed by atoms with Crippen molar-refractivity contribution >= 4 is 5.91 Å². The molecule has 0 fully saturated rings. The molecule has 0 bridgehead atoms. The molecule has 0 unspecified atom stereocenters. The van der Waals surface area contributed by atoms with Gasteiger partial charge in [0.05, 0.1) is 24.8 Å². The summed E-state index contributed by atoms with van der Waals surface area (Å²) in [7, 11) is 1.63. The van der Waals surface area contributed by atoms with E-state index < -0.39 is 0 Å². The van der Waals surface area contributed by atoms with Crippen LogP contribution >= 0.6 is 0 Å². The molecule has 0 aromatic carbocycles. The monoisotopic (exact) mass is 329 g/mol. The van der Waals surface area contributed by atoms with E-state index in [1.54, 1.807) is 25.7 Å². The number of ether oxygens (including phenoxy) is 1.